The zero-order valence-electron chi connectivity index (χ0n) is 11.8. The van der Waals surface area contributed by atoms with E-state index in [0.717, 1.165) is 18.2 Å². The zero-order valence-corrected chi connectivity index (χ0v) is 11.8. The lowest BCUT2D eigenvalue weighted by atomic mass is 9.93. The summed E-state index contributed by atoms with van der Waals surface area (Å²) in [6, 6.07) is 8.94. The van der Waals surface area contributed by atoms with E-state index in [9.17, 15) is 9.59 Å². The van der Waals surface area contributed by atoms with Crippen molar-refractivity contribution >= 4 is 28.3 Å². The summed E-state index contributed by atoms with van der Waals surface area (Å²) in [5, 5.41) is 1.49. The highest BCUT2D eigenvalue weighted by molar-refractivity contribution is 6.26. The van der Waals surface area contributed by atoms with Gasteiger partial charge in [0.2, 0.25) is 0 Å². The molecule has 2 amide bonds. The van der Waals surface area contributed by atoms with Gasteiger partial charge in [0.15, 0.2) is 0 Å². The molecular weight excluding hydrogens is 266 g/mol. The number of benzene rings is 2. The van der Waals surface area contributed by atoms with E-state index in [1.807, 2.05) is 19.1 Å². The first kappa shape index (κ1) is 13.6. The third-order valence-corrected chi connectivity index (χ3v) is 3.88. The van der Waals surface area contributed by atoms with Gasteiger partial charge in [0, 0.05) is 28.4 Å². The molecule has 0 atom stereocenters. The first-order valence-corrected chi connectivity index (χ1v) is 7.07. The van der Waals surface area contributed by atoms with Gasteiger partial charge in [0.25, 0.3) is 11.8 Å². The van der Waals surface area contributed by atoms with Crippen LogP contribution in [0.25, 0.3) is 10.8 Å². The molecule has 0 saturated heterocycles. The predicted octanol–water partition coefficient (Wildman–Crippen LogP) is 2.52. The highest BCUT2D eigenvalue weighted by Gasteiger charge is 2.32. The molecule has 5 nitrogen and oxygen atoms in total. The summed E-state index contributed by atoms with van der Waals surface area (Å²) in [7, 11) is 0. The highest BCUT2D eigenvalue weighted by atomic mass is 16.2. The van der Waals surface area contributed by atoms with Crippen LogP contribution < -0.4 is 11.3 Å². The molecule has 5 heteroatoms. The second kappa shape index (κ2) is 5.18. The number of nitrogens with one attached hydrogen (secondary N) is 1. The van der Waals surface area contributed by atoms with Crippen LogP contribution >= 0.6 is 0 Å². The second-order valence-electron chi connectivity index (χ2n) is 5.15. The number of hydrogen-bond donors (Lipinski definition) is 2. The molecule has 108 valence electrons. The monoisotopic (exact) mass is 283 g/mol. The summed E-state index contributed by atoms with van der Waals surface area (Å²) < 4.78 is 0. The van der Waals surface area contributed by atoms with E-state index in [4.69, 9.17) is 5.84 Å². The minimum Gasteiger partial charge on any atom is -0.324 e. The molecule has 3 rings (SSSR count). The normalized spacial score (nSPS) is 13.9. The molecule has 1 aliphatic rings. The van der Waals surface area contributed by atoms with E-state index in [2.05, 4.69) is 5.43 Å². The number of carbonyl (C=O) groups excluding carboxylic acids is 2. The minimum absolute atomic E-state index is 0.222. The molecule has 21 heavy (non-hydrogen) atoms. The van der Waals surface area contributed by atoms with Crippen LogP contribution in [0.2, 0.25) is 0 Å². The standard InChI is InChI=1S/C16H17N3O2/c1-2-3-9-19-15(20)11-6-4-5-10-13(18-17)8-7-12(14(10)11)16(19)21/h4-8,18H,2-3,9,17H2,1H3. The van der Waals surface area contributed by atoms with Gasteiger partial charge >= 0.3 is 0 Å². The Labute approximate surface area is 122 Å². The van der Waals surface area contributed by atoms with Crippen LogP contribution in [0.1, 0.15) is 40.5 Å². The molecule has 0 aliphatic carbocycles. The van der Waals surface area contributed by atoms with Gasteiger partial charge in [-0.25, -0.2) is 0 Å². The van der Waals surface area contributed by atoms with Gasteiger partial charge in [0.1, 0.15) is 0 Å². The van der Waals surface area contributed by atoms with Crippen LogP contribution in [0.15, 0.2) is 30.3 Å². The van der Waals surface area contributed by atoms with Gasteiger partial charge < -0.3 is 5.43 Å². The van der Waals surface area contributed by atoms with Gasteiger partial charge in [0.05, 0.1) is 5.69 Å². The summed E-state index contributed by atoms with van der Waals surface area (Å²) in [5.74, 6) is 5.06. The smallest absolute Gasteiger partial charge is 0.261 e. The van der Waals surface area contributed by atoms with Gasteiger partial charge in [-0.1, -0.05) is 25.5 Å². The summed E-state index contributed by atoms with van der Waals surface area (Å²) in [6.07, 6.45) is 1.75. The lowest BCUT2D eigenvalue weighted by Crippen LogP contribution is -2.40. The molecule has 3 N–H and O–H groups in total. The van der Waals surface area contributed by atoms with E-state index in [-0.39, 0.29) is 11.8 Å². The number of rotatable bonds is 4. The summed E-state index contributed by atoms with van der Waals surface area (Å²) >= 11 is 0. The second-order valence-corrected chi connectivity index (χ2v) is 5.15. The van der Waals surface area contributed by atoms with E-state index in [1.165, 1.54) is 4.90 Å². The number of nitrogens with zero attached hydrogens (tertiary/aromatic N) is 1. The Morgan fingerprint density at radius 2 is 1.81 bits per heavy atom. The van der Waals surface area contributed by atoms with Gasteiger partial charge in [-0.15, -0.1) is 0 Å². The number of anilines is 1. The molecule has 2 aromatic rings. The number of carbonyl (C=O) groups is 2. The first-order chi connectivity index (χ1) is 10.2. The first-order valence-electron chi connectivity index (χ1n) is 7.07. The van der Waals surface area contributed by atoms with Crippen molar-refractivity contribution in [2.24, 2.45) is 5.84 Å². The van der Waals surface area contributed by atoms with Crippen molar-refractivity contribution in [1.29, 1.82) is 0 Å². The van der Waals surface area contributed by atoms with Crippen LogP contribution in [0, 0.1) is 0 Å². The van der Waals surface area contributed by atoms with Crippen LogP contribution in [-0.2, 0) is 0 Å². The van der Waals surface area contributed by atoms with E-state index < -0.39 is 0 Å². The number of imide groups is 1. The van der Waals surface area contributed by atoms with E-state index in [0.29, 0.717) is 28.7 Å². The van der Waals surface area contributed by atoms with Crippen molar-refractivity contribution in [1.82, 2.24) is 4.90 Å². The summed E-state index contributed by atoms with van der Waals surface area (Å²) in [4.78, 5) is 26.5. The maximum atomic E-state index is 12.6. The number of nitrogen functional groups attached to an aromatic ring is 1. The van der Waals surface area contributed by atoms with Crippen molar-refractivity contribution in [3.63, 3.8) is 0 Å². The molecular formula is C16H17N3O2. The van der Waals surface area contributed by atoms with Crippen molar-refractivity contribution in [2.45, 2.75) is 19.8 Å². The highest BCUT2D eigenvalue weighted by Crippen LogP contribution is 2.34. The predicted molar refractivity (Wildman–Crippen MR) is 82.0 cm³/mol. The van der Waals surface area contributed by atoms with Gasteiger partial charge in [-0.3, -0.25) is 20.3 Å². The van der Waals surface area contributed by atoms with Crippen molar-refractivity contribution in [2.75, 3.05) is 12.0 Å². The molecule has 0 fully saturated rings. The van der Waals surface area contributed by atoms with Crippen LogP contribution in [0.4, 0.5) is 5.69 Å². The fraction of sp³-hybridized carbons (Fsp3) is 0.250. The maximum Gasteiger partial charge on any atom is 0.261 e. The summed E-state index contributed by atoms with van der Waals surface area (Å²) in [5.41, 5.74) is 4.45. The third kappa shape index (κ3) is 1.97. The molecule has 0 saturated carbocycles. The topological polar surface area (TPSA) is 75.4 Å². The number of hydrogen-bond acceptors (Lipinski definition) is 4. The lowest BCUT2D eigenvalue weighted by Gasteiger charge is -2.27. The molecule has 1 heterocycles. The maximum absolute atomic E-state index is 12.6. The quantitative estimate of drug-likeness (QED) is 0.513. The molecule has 0 spiro atoms. The van der Waals surface area contributed by atoms with Crippen LogP contribution in [0.5, 0.6) is 0 Å². The van der Waals surface area contributed by atoms with Gasteiger partial charge in [-0.2, -0.15) is 0 Å². The number of unbranched alkanes of at least 4 members (excludes halogenated alkanes) is 1. The Hall–Kier alpha value is -2.40. The van der Waals surface area contributed by atoms with Crippen molar-refractivity contribution in [3.05, 3.63) is 41.5 Å². The molecule has 2 aromatic carbocycles. The number of amides is 2. The fourth-order valence-electron chi connectivity index (χ4n) is 2.79. The number of hydrazine groups is 1. The average molecular weight is 283 g/mol. The Balaban J connectivity index is 2.22. The molecule has 0 bridgehead atoms. The zero-order chi connectivity index (χ0) is 15.0. The van der Waals surface area contributed by atoms with E-state index in [1.54, 1.807) is 18.2 Å². The van der Waals surface area contributed by atoms with Crippen molar-refractivity contribution < 1.29 is 9.59 Å². The van der Waals surface area contributed by atoms with Gasteiger partial charge in [-0.05, 0) is 24.6 Å². The molecule has 1 aliphatic heterocycles. The average Bonchev–Trinajstić information content (AvgIpc) is 2.52. The Morgan fingerprint density at radius 3 is 2.48 bits per heavy atom. The molecule has 0 aromatic heterocycles. The third-order valence-electron chi connectivity index (χ3n) is 3.88. The van der Waals surface area contributed by atoms with Crippen LogP contribution in [-0.4, -0.2) is 23.3 Å². The SMILES string of the molecule is CCCCN1C(=O)c2cccc3c(NN)ccc(c23)C1=O. The van der Waals surface area contributed by atoms with Crippen LogP contribution in [0.3, 0.4) is 0 Å². The summed E-state index contributed by atoms with van der Waals surface area (Å²) in [6.45, 7) is 2.49. The molecule has 0 unspecified atom stereocenters. The lowest BCUT2D eigenvalue weighted by molar-refractivity contribution is 0.0608. The Kier molecular flexibility index (Phi) is 3.35. The molecule has 0 radical (unpaired) electrons. The largest absolute Gasteiger partial charge is 0.324 e. The fourth-order valence-corrected chi connectivity index (χ4v) is 2.79. The Morgan fingerprint density at radius 1 is 1.10 bits per heavy atom. The minimum atomic E-state index is -0.222. The van der Waals surface area contributed by atoms with Crippen molar-refractivity contribution in [3.8, 4) is 0 Å². The Bertz CT molecular complexity index is 717. The number of nitrogens with two attached hydrogens (primary N) is 1. The van der Waals surface area contributed by atoms with E-state index >= 15 is 0 Å².